The Morgan fingerprint density at radius 3 is 2.81 bits per heavy atom. The molecule has 2 amide bonds. The molecule has 2 aliphatic rings. The summed E-state index contributed by atoms with van der Waals surface area (Å²) in [6, 6.07) is 8.88. The summed E-state index contributed by atoms with van der Waals surface area (Å²) in [5.74, 6) is 0.0596. The molecule has 3 N–H and O–H groups in total. The summed E-state index contributed by atoms with van der Waals surface area (Å²) in [6.45, 7) is 5.33. The average molecular weight is 519 g/mol. The number of likely N-dealkylation sites (tertiary alicyclic amines) is 1. The van der Waals surface area contributed by atoms with Crippen LogP contribution in [-0.4, -0.2) is 66.1 Å². The van der Waals surface area contributed by atoms with Gasteiger partial charge in [0.25, 0.3) is 0 Å². The van der Waals surface area contributed by atoms with Crippen LogP contribution in [0.5, 0.6) is 0 Å². The number of urea groups is 1. The van der Waals surface area contributed by atoms with Crippen molar-refractivity contribution in [2.75, 3.05) is 43.5 Å². The highest BCUT2D eigenvalue weighted by Crippen LogP contribution is 2.33. The van der Waals surface area contributed by atoms with E-state index in [-0.39, 0.29) is 19.2 Å². The number of aliphatic hydroxyl groups is 1. The van der Waals surface area contributed by atoms with Gasteiger partial charge in [0.1, 0.15) is 5.82 Å². The molecule has 37 heavy (non-hydrogen) atoms. The number of ether oxygens (including phenoxy) is 1. The Kier molecular flexibility index (Phi) is 8.39. The van der Waals surface area contributed by atoms with Gasteiger partial charge in [-0.2, -0.15) is 13.2 Å². The number of rotatable bonds is 7. The van der Waals surface area contributed by atoms with Gasteiger partial charge in [0.2, 0.25) is 0 Å². The zero-order valence-electron chi connectivity index (χ0n) is 21.1. The Labute approximate surface area is 214 Å². The first-order valence-electron chi connectivity index (χ1n) is 12.5. The first-order valence-corrected chi connectivity index (χ1v) is 12.5. The van der Waals surface area contributed by atoms with Crippen molar-refractivity contribution in [3.63, 3.8) is 0 Å². The normalized spacial score (nSPS) is 18.9. The van der Waals surface area contributed by atoms with Gasteiger partial charge in [-0.05, 0) is 79.1 Å². The van der Waals surface area contributed by atoms with Gasteiger partial charge >= 0.3 is 12.2 Å². The molecule has 2 aromatic rings. The van der Waals surface area contributed by atoms with Crippen LogP contribution >= 0.6 is 0 Å². The highest BCUT2D eigenvalue weighted by atomic mass is 19.4. The second-order valence-corrected chi connectivity index (χ2v) is 9.79. The summed E-state index contributed by atoms with van der Waals surface area (Å²) in [4.78, 5) is 19.0. The van der Waals surface area contributed by atoms with Gasteiger partial charge < -0.3 is 25.4 Å². The van der Waals surface area contributed by atoms with E-state index in [1.165, 1.54) is 4.90 Å². The van der Waals surface area contributed by atoms with Crippen molar-refractivity contribution in [1.29, 1.82) is 0 Å². The molecule has 2 atom stereocenters. The first kappa shape index (κ1) is 26.9. The maximum Gasteiger partial charge on any atom is 0.389 e. The van der Waals surface area contributed by atoms with Crippen molar-refractivity contribution < 1.29 is 27.8 Å². The number of nitrogens with one attached hydrogen (secondary N) is 2. The lowest BCUT2D eigenvalue weighted by atomic mass is 9.97. The maximum absolute atomic E-state index is 12.8. The molecule has 0 spiro atoms. The molecule has 0 bridgehead atoms. The number of halogens is 3. The molecule has 7 nitrogen and oxygen atoms in total. The summed E-state index contributed by atoms with van der Waals surface area (Å²) in [7, 11) is 0. The zero-order chi connectivity index (χ0) is 26.6. The van der Waals surface area contributed by atoms with Gasteiger partial charge in [-0.3, -0.25) is 0 Å². The van der Waals surface area contributed by atoms with Crippen LogP contribution in [0.25, 0.3) is 16.7 Å². The molecule has 2 unspecified atom stereocenters. The van der Waals surface area contributed by atoms with Crippen LogP contribution in [0, 0.1) is 12.8 Å². The summed E-state index contributed by atoms with van der Waals surface area (Å²) < 4.78 is 43.7. The Bertz CT molecular complexity index is 1150. The average Bonchev–Trinajstić information content (AvgIpc) is 3.32. The highest BCUT2D eigenvalue weighted by Gasteiger charge is 2.36. The van der Waals surface area contributed by atoms with Crippen LogP contribution in [0.15, 0.2) is 36.4 Å². The number of nitrogens with zero attached hydrogens (tertiary/aromatic N) is 2. The third kappa shape index (κ3) is 7.23. The van der Waals surface area contributed by atoms with Crippen molar-refractivity contribution in [1.82, 2.24) is 9.88 Å². The molecule has 1 saturated heterocycles. The van der Waals surface area contributed by atoms with E-state index in [1.54, 1.807) is 6.07 Å². The van der Waals surface area contributed by atoms with E-state index in [0.29, 0.717) is 37.7 Å². The van der Waals surface area contributed by atoms with Gasteiger partial charge in [-0.25, -0.2) is 9.78 Å². The molecule has 2 aliphatic heterocycles. The van der Waals surface area contributed by atoms with Crippen LogP contribution in [0.3, 0.4) is 0 Å². The lowest BCUT2D eigenvalue weighted by molar-refractivity contribution is -0.143. The molecule has 10 heteroatoms. The summed E-state index contributed by atoms with van der Waals surface area (Å²) in [5.41, 5.74) is 5.23. The number of carbonyl (C=O) groups excluding carboxylic acids is 1. The smallest absolute Gasteiger partial charge is 0.389 e. The Morgan fingerprint density at radius 2 is 2.11 bits per heavy atom. The minimum atomic E-state index is -4.23. The molecule has 0 aliphatic carbocycles. The molecule has 1 fully saturated rings. The summed E-state index contributed by atoms with van der Waals surface area (Å²) in [5, 5.41) is 15.6. The van der Waals surface area contributed by atoms with Crippen LogP contribution in [0.1, 0.15) is 37.4 Å². The second-order valence-electron chi connectivity index (χ2n) is 9.79. The van der Waals surface area contributed by atoms with E-state index >= 15 is 0 Å². The topological polar surface area (TPSA) is 86.7 Å². The largest absolute Gasteiger partial charge is 0.394 e. The molecule has 0 saturated carbocycles. The van der Waals surface area contributed by atoms with Crippen molar-refractivity contribution in [3.8, 4) is 11.1 Å². The molecule has 1 aromatic heterocycles. The molecule has 0 radical (unpaired) electrons. The predicted molar refractivity (Wildman–Crippen MR) is 137 cm³/mol. The third-order valence-electron chi connectivity index (χ3n) is 6.68. The third-order valence-corrected chi connectivity index (χ3v) is 6.68. The maximum atomic E-state index is 12.8. The van der Waals surface area contributed by atoms with E-state index in [0.717, 1.165) is 34.4 Å². The molecule has 1 aromatic carbocycles. The van der Waals surface area contributed by atoms with Gasteiger partial charge in [0.15, 0.2) is 0 Å². The first-order chi connectivity index (χ1) is 17.6. The number of hydrogen-bond donors (Lipinski definition) is 3. The van der Waals surface area contributed by atoms with Crippen LogP contribution in [-0.2, 0) is 4.74 Å². The minimum absolute atomic E-state index is 0.0430. The Hall–Kier alpha value is -3.11. The van der Waals surface area contributed by atoms with Crippen molar-refractivity contribution >= 4 is 23.1 Å². The number of pyridine rings is 1. The lowest BCUT2D eigenvalue weighted by Crippen LogP contribution is -2.33. The highest BCUT2D eigenvalue weighted by molar-refractivity contribution is 5.91. The summed E-state index contributed by atoms with van der Waals surface area (Å²) >= 11 is 0. The van der Waals surface area contributed by atoms with E-state index < -0.39 is 24.5 Å². The van der Waals surface area contributed by atoms with E-state index in [9.17, 15) is 23.1 Å². The molecular formula is C27H33F3N4O3. The van der Waals surface area contributed by atoms with Crippen molar-refractivity contribution in [3.05, 3.63) is 47.7 Å². The standard InChI is InChI=1S/C27H33F3N4O3/c1-17-3-4-22(32-26(36)34-8-5-19(15-34)14-27(28,29)30)13-23(17)21-11-24(20-6-9-37-10-7-20)33-25(12-21)31-18(2)16-35/h3-4,6,11-13,18-19,35H,5,7-10,14-16H2,1-2H3,(H,31,33)(H,32,36). The molecule has 4 rings (SSSR count). The van der Waals surface area contributed by atoms with Gasteiger partial charge in [0, 0.05) is 31.2 Å². The number of carbonyl (C=O) groups is 1. The number of aromatic nitrogens is 1. The number of aliphatic hydroxyl groups excluding tert-OH is 1. The van der Waals surface area contributed by atoms with E-state index in [4.69, 9.17) is 9.72 Å². The van der Waals surface area contributed by atoms with Gasteiger partial charge in [-0.15, -0.1) is 0 Å². The fraction of sp³-hybridized carbons (Fsp3) is 0.481. The Balaban J connectivity index is 1.57. The zero-order valence-corrected chi connectivity index (χ0v) is 21.1. The molecular weight excluding hydrogens is 485 g/mol. The Morgan fingerprint density at radius 1 is 1.30 bits per heavy atom. The van der Waals surface area contributed by atoms with Crippen LogP contribution in [0.4, 0.5) is 29.5 Å². The van der Waals surface area contributed by atoms with Gasteiger partial charge in [-0.1, -0.05) is 12.1 Å². The van der Waals surface area contributed by atoms with E-state index in [2.05, 4.69) is 10.6 Å². The number of amides is 2. The number of aryl methyl sites for hydroxylation is 1. The van der Waals surface area contributed by atoms with Gasteiger partial charge in [0.05, 0.1) is 25.5 Å². The SMILES string of the molecule is Cc1ccc(NC(=O)N2CCC(CC(F)(F)F)C2)cc1-c1cc(NC(C)CO)nc(C2=CCOCC2)c1. The fourth-order valence-electron chi connectivity index (χ4n) is 4.71. The van der Waals surface area contributed by atoms with Crippen molar-refractivity contribution in [2.45, 2.75) is 45.3 Å². The minimum Gasteiger partial charge on any atom is -0.394 e. The number of anilines is 2. The van der Waals surface area contributed by atoms with Crippen LogP contribution in [0.2, 0.25) is 0 Å². The number of benzene rings is 1. The molecule has 200 valence electrons. The number of hydrogen-bond acceptors (Lipinski definition) is 5. The fourth-order valence-corrected chi connectivity index (χ4v) is 4.71. The van der Waals surface area contributed by atoms with Crippen molar-refractivity contribution in [2.24, 2.45) is 5.92 Å². The predicted octanol–water partition coefficient (Wildman–Crippen LogP) is 5.46. The second kappa shape index (κ2) is 11.5. The number of alkyl halides is 3. The quantitative estimate of drug-likeness (QED) is 0.453. The molecule has 3 heterocycles. The van der Waals surface area contributed by atoms with E-state index in [1.807, 2.05) is 44.2 Å². The van der Waals surface area contributed by atoms with Crippen LogP contribution < -0.4 is 10.6 Å². The lowest BCUT2D eigenvalue weighted by Gasteiger charge is -2.20. The monoisotopic (exact) mass is 518 g/mol. The summed E-state index contributed by atoms with van der Waals surface area (Å²) in [6.07, 6.45) is -2.00.